The molecule has 0 atom stereocenters. The predicted octanol–water partition coefficient (Wildman–Crippen LogP) is 10.9. The Morgan fingerprint density at radius 1 is 0.327 bits per heavy atom. The number of hydrogen-bond donors (Lipinski definition) is 0. The Morgan fingerprint density at radius 3 is 1.55 bits per heavy atom. The number of nitrogens with zero attached hydrogens (tertiary/aromatic N) is 3. The summed E-state index contributed by atoms with van der Waals surface area (Å²) in [7, 11) is 0. The molecule has 0 unspecified atom stereocenters. The Bertz CT molecular complexity index is 2430. The first kappa shape index (κ1) is 27.6. The molecule has 228 valence electrons. The van der Waals surface area contributed by atoms with E-state index in [4.69, 9.17) is 9.97 Å². The number of benzene rings is 6. The second kappa shape index (κ2) is 10.8. The minimum atomic E-state index is -0.373. The molecule has 0 fully saturated rings. The van der Waals surface area contributed by atoms with Crippen molar-refractivity contribution in [1.29, 1.82) is 0 Å². The maximum absolute atomic E-state index is 5.09. The first-order chi connectivity index (χ1) is 24.3. The van der Waals surface area contributed by atoms with Gasteiger partial charge in [-0.25, -0.2) is 9.97 Å². The van der Waals surface area contributed by atoms with Crippen molar-refractivity contribution in [3.8, 4) is 67.4 Å². The second-order valence-corrected chi connectivity index (χ2v) is 12.8. The summed E-state index contributed by atoms with van der Waals surface area (Å²) in [4.78, 5) is 14.6. The van der Waals surface area contributed by atoms with E-state index in [9.17, 15) is 0 Å². The fraction of sp³-hybridized carbons (Fsp3) is 0.0217. The molecule has 49 heavy (non-hydrogen) atoms. The summed E-state index contributed by atoms with van der Waals surface area (Å²) in [6.45, 7) is 0. The number of rotatable bonds is 4. The fourth-order valence-corrected chi connectivity index (χ4v) is 8.09. The van der Waals surface area contributed by atoms with Gasteiger partial charge in [0.15, 0.2) is 5.82 Å². The van der Waals surface area contributed by atoms with Crippen LogP contribution in [0.1, 0.15) is 22.3 Å². The third kappa shape index (κ3) is 4.12. The highest BCUT2D eigenvalue weighted by Crippen LogP contribution is 2.63. The topological polar surface area (TPSA) is 38.7 Å². The van der Waals surface area contributed by atoms with E-state index in [0.29, 0.717) is 5.82 Å². The number of aromatic nitrogens is 3. The van der Waals surface area contributed by atoms with Crippen LogP contribution in [-0.2, 0) is 5.41 Å². The zero-order valence-corrected chi connectivity index (χ0v) is 26.6. The van der Waals surface area contributed by atoms with E-state index in [1.807, 2.05) is 36.4 Å². The van der Waals surface area contributed by atoms with Crippen molar-refractivity contribution in [2.45, 2.75) is 5.41 Å². The van der Waals surface area contributed by atoms with E-state index in [-0.39, 0.29) is 5.41 Å². The maximum Gasteiger partial charge on any atom is 0.160 e. The van der Waals surface area contributed by atoms with Gasteiger partial charge in [-0.1, -0.05) is 140 Å². The van der Waals surface area contributed by atoms with Gasteiger partial charge in [0, 0.05) is 17.3 Å². The largest absolute Gasteiger partial charge is 0.255 e. The third-order valence-electron chi connectivity index (χ3n) is 10.2. The lowest BCUT2D eigenvalue weighted by Crippen LogP contribution is -2.25. The average Bonchev–Trinajstić information content (AvgIpc) is 3.66. The van der Waals surface area contributed by atoms with E-state index in [1.165, 1.54) is 50.1 Å². The van der Waals surface area contributed by atoms with Gasteiger partial charge < -0.3 is 0 Å². The Hall–Kier alpha value is -6.45. The van der Waals surface area contributed by atoms with Gasteiger partial charge in [-0.2, -0.15) is 0 Å². The Balaban J connectivity index is 1.15. The van der Waals surface area contributed by atoms with Crippen LogP contribution >= 0.6 is 0 Å². The van der Waals surface area contributed by atoms with Crippen LogP contribution in [0.25, 0.3) is 67.4 Å². The van der Waals surface area contributed by atoms with Gasteiger partial charge >= 0.3 is 0 Å². The normalized spacial score (nSPS) is 13.1. The molecule has 0 radical (unpaired) electrons. The molecule has 0 N–H and O–H groups in total. The van der Waals surface area contributed by atoms with Crippen LogP contribution < -0.4 is 0 Å². The summed E-state index contributed by atoms with van der Waals surface area (Å²) >= 11 is 0. The van der Waals surface area contributed by atoms with Gasteiger partial charge in [0.2, 0.25) is 0 Å². The number of hydrogen-bond acceptors (Lipinski definition) is 3. The monoisotopic (exact) mass is 623 g/mol. The molecule has 10 rings (SSSR count). The fourth-order valence-electron chi connectivity index (χ4n) is 8.09. The van der Waals surface area contributed by atoms with E-state index >= 15 is 0 Å². The summed E-state index contributed by atoms with van der Waals surface area (Å²) in [5, 5.41) is 0. The van der Waals surface area contributed by atoms with E-state index < -0.39 is 0 Å². The molecule has 8 aromatic rings. The molecule has 2 heterocycles. The summed E-state index contributed by atoms with van der Waals surface area (Å²) in [5.74, 6) is 0.681. The highest BCUT2D eigenvalue weighted by Gasteiger charge is 2.51. The van der Waals surface area contributed by atoms with Crippen LogP contribution in [0.4, 0.5) is 0 Å². The van der Waals surface area contributed by atoms with Gasteiger partial charge in [-0.3, -0.25) is 4.98 Å². The van der Waals surface area contributed by atoms with E-state index in [1.54, 1.807) is 6.20 Å². The first-order valence-electron chi connectivity index (χ1n) is 16.7. The van der Waals surface area contributed by atoms with Gasteiger partial charge in [-0.05, 0) is 86.0 Å². The second-order valence-electron chi connectivity index (χ2n) is 12.8. The van der Waals surface area contributed by atoms with Crippen molar-refractivity contribution in [1.82, 2.24) is 15.0 Å². The Morgan fingerprint density at radius 2 is 0.878 bits per heavy atom. The molecule has 0 saturated heterocycles. The van der Waals surface area contributed by atoms with Crippen molar-refractivity contribution < 1.29 is 0 Å². The molecule has 0 aliphatic heterocycles. The van der Waals surface area contributed by atoms with Crippen LogP contribution in [0.2, 0.25) is 0 Å². The van der Waals surface area contributed by atoms with Crippen molar-refractivity contribution >= 4 is 0 Å². The average molecular weight is 624 g/mol. The predicted molar refractivity (Wildman–Crippen MR) is 198 cm³/mol. The highest BCUT2D eigenvalue weighted by atomic mass is 14.9. The molecular weight excluding hydrogens is 595 g/mol. The van der Waals surface area contributed by atoms with Gasteiger partial charge in [-0.15, -0.1) is 0 Å². The Labute approximate surface area is 285 Å². The smallest absolute Gasteiger partial charge is 0.160 e. The molecule has 0 saturated carbocycles. The van der Waals surface area contributed by atoms with Crippen molar-refractivity contribution in [2.24, 2.45) is 0 Å². The summed E-state index contributed by atoms with van der Waals surface area (Å²) < 4.78 is 0. The molecule has 2 aliphatic rings. The van der Waals surface area contributed by atoms with E-state index in [2.05, 4.69) is 138 Å². The van der Waals surface area contributed by atoms with Crippen LogP contribution in [0.3, 0.4) is 0 Å². The van der Waals surface area contributed by atoms with Gasteiger partial charge in [0.05, 0.1) is 22.5 Å². The van der Waals surface area contributed by atoms with Crippen LogP contribution in [-0.4, -0.2) is 15.0 Å². The van der Waals surface area contributed by atoms with Crippen LogP contribution in [0.15, 0.2) is 176 Å². The molecule has 0 bridgehead atoms. The van der Waals surface area contributed by atoms with Crippen LogP contribution in [0, 0.1) is 0 Å². The summed E-state index contributed by atoms with van der Waals surface area (Å²) in [6.07, 6.45) is 1.81. The van der Waals surface area contributed by atoms with Gasteiger partial charge in [0.25, 0.3) is 0 Å². The van der Waals surface area contributed by atoms with E-state index in [0.717, 1.165) is 33.8 Å². The van der Waals surface area contributed by atoms with Crippen molar-refractivity contribution in [2.75, 3.05) is 0 Å². The molecule has 3 nitrogen and oxygen atoms in total. The Kier molecular flexibility index (Phi) is 6.09. The first-order valence-corrected chi connectivity index (χ1v) is 16.7. The van der Waals surface area contributed by atoms with Crippen molar-refractivity contribution in [3.63, 3.8) is 0 Å². The number of fused-ring (bicyclic) bond motifs is 10. The molecule has 3 heteroatoms. The number of pyridine rings is 1. The lowest BCUT2D eigenvalue weighted by atomic mass is 9.70. The standard InChI is InChI=1S/C46H29N3/c1-2-13-30(14-3-1)45-48-43(29-44(49-45)42-23-10-11-26-47-42)33-16-12-15-31(27-33)32-24-25-37-36-19-6-9-22-40(36)46(41(37)28-32)38-20-7-4-17-34(38)35-18-5-8-21-39(35)46/h1-29H. The SMILES string of the molecule is c1ccc(-c2nc(-c3cccc(-c4ccc5c(c4)C4(c6ccccc6-c6ccccc64)c4ccccc4-5)c3)cc(-c3ccccn3)n2)cc1. The minimum Gasteiger partial charge on any atom is -0.255 e. The quantitative estimate of drug-likeness (QED) is 0.196. The molecule has 6 aromatic carbocycles. The maximum atomic E-state index is 5.09. The zero-order valence-electron chi connectivity index (χ0n) is 26.6. The summed E-state index contributed by atoms with van der Waals surface area (Å²) in [5.41, 5.74) is 17.0. The zero-order chi connectivity index (χ0) is 32.4. The molecule has 0 amide bonds. The van der Waals surface area contributed by atoms with Crippen LogP contribution in [0.5, 0.6) is 0 Å². The van der Waals surface area contributed by atoms with Gasteiger partial charge in [0.1, 0.15) is 0 Å². The minimum absolute atomic E-state index is 0.373. The van der Waals surface area contributed by atoms with Crippen molar-refractivity contribution in [3.05, 3.63) is 198 Å². The molecule has 2 aromatic heterocycles. The third-order valence-corrected chi connectivity index (χ3v) is 10.2. The molecular formula is C46H29N3. The highest BCUT2D eigenvalue weighted by molar-refractivity contribution is 5.96. The summed E-state index contributed by atoms with van der Waals surface area (Å²) in [6, 6.07) is 60.7. The molecule has 1 spiro atoms. The lowest BCUT2D eigenvalue weighted by Gasteiger charge is -2.30. The molecule has 2 aliphatic carbocycles. The lowest BCUT2D eigenvalue weighted by molar-refractivity contribution is 0.794.